The normalized spacial score (nSPS) is 10.7. The van der Waals surface area contributed by atoms with Crippen LogP contribution in [0.5, 0.6) is 0 Å². The molecule has 0 atom stereocenters. The number of hydrogen-bond donors (Lipinski definition) is 0. The summed E-state index contributed by atoms with van der Waals surface area (Å²) in [4.78, 5) is 16.5. The summed E-state index contributed by atoms with van der Waals surface area (Å²) in [7, 11) is 0. The Kier molecular flexibility index (Phi) is 4.38. The number of esters is 1. The van der Waals surface area contributed by atoms with Crippen LogP contribution in [0.15, 0.2) is 24.3 Å². The molecule has 19 heavy (non-hydrogen) atoms. The highest BCUT2D eigenvalue weighted by molar-refractivity contribution is 6.31. The van der Waals surface area contributed by atoms with Gasteiger partial charge in [0.05, 0.1) is 23.4 Å². The first-order valence-electron chi connectivity index (χ1n) is 6.42. The Labute approximate surface area is 117 Å². The Morgan fingerprint density at radius 1 is 1.32 bits per heavy atom. The summed E-state index contributed by atoms with van der Waals surface area (Å²) in [5.41, 5.74) is 2.18. The van der Waals surface area contributed by atoms with E-state index < -0.39 is 0 Å². The SMILES string of the molecule is CCCc1nc2ccc(Cl)cc2cc1C(=O)OCC. The summed E-state index contributed by atoms with van der Waals surface area (Å²) < 4.78 is 5.08. The molecule has 2 rings (SSSR count). The van der Waals surface area contributed by atoms with E-state index in [0.717, 1.165) is 29.4 Å². The Bertz CT molecular complexity index is 610. The fraction of sp³-hybridized carbons (Fsp3) is 0.333. The maximum absolute atomic E-state index is 12.0. The number of carbonyl (C=O) groups is 1. The largest absolute Gasteiger partial charge is 0.462 e. The number of aromatic nitrogens is 1. The topological polar surface area (TPSA) is 39.2 Å². The van der Waals surface area contributed by atoms with E-state index in [1.54, 1.807) is 13.0 Å². The van der Waals surface area contributed by atoms with Gasteiger partial charge in [0.15, 0.2) is 0 Å². The van der Waals surface area contributed by atoms with E-state index in [9.17, 15) is 4.79 Å². The molecule has 100 valence electrons. The molecule has 0 aliphatic carbocycles. The predicted molar refractivity (Wildman–Crippen MR) is 76.7 cm³/mol. The maximum Gasteiger partial charge on any atom is 0.340 e. The Balaban J connectivity index is 2.57. The zero-order valence-corrected chi connectivity index (χ0v) is 11.8. The zero-order chi connectivity index (χ0) is 13.8. The fourth-order valence-corrected chi connectivity index (χ4v) is 2.18. The van der Waals surface area contributed by atoms with Crippen LogP contribution in [0, 0.1) is 0 Å². The van der Waals surface area contributed by atoms with Gasteiger partial charge >= 0.3 is 5.97 Å². The van der Waals surface area contributed by atoms with Gasteiger partial charge in [-0.2, -0.15) is 0 Å². The molecule has 0 aliphatic rings. The number of fused-ring (bicyclic) bond motifs is 1. The van der Waals surface area contributed by atoms with Crippen LogP contribution >= 0.6 is 11.6 Å². The number of rotatable bonds is 4. The number of carbonyl (C=O) groups excluding carboxylic acids is 1. The monoisotopic (exact) mass is 277 g/mol. The van der Waals surface area contributed by atoms with Crippen LogP contribution in [0.3, 0.4) is 0 Å². The number of halogens is 1. The molecule has 3 nitrogen and oxygen atoms in total. The van der Waals surface area contributed by atoms with Crippen molar-refractivity contribution in [3.63, 3.8) is 0 Å². The van der Waals surface area contributed by atoms with Crippen LogP contribution < -0.4 is 0 Å². The van der Waals surface area contributed by atoms with Crippen LogP contribution in [0.2, 0.25) is 5.02 Å². The smallest absolute Gasteiger partial charge is 0.340 e. The Morgan fingerprint density at radius 2 is 2.11 bits per heavy atom. The minimum atomic E-state index is -0.319. The quantitative estimate of drug-likeness (QED) is 0.793. The van der Waals surface area contributed by atoms with Crippen LogP contribution in [-0.4, -0.2) is 17.6 Å². The van der Waals surface area contributed by atoms with Crippen molar-refractivity contribution in [2.45, 2.75) is 26.7 Å². The molecule has 0 saturated carbocycles. The number of nitrogens with zero attached hydrogens (tertiary/aromatic N) is 1. The molecule has 1 aromatic heterocycles. The predicted octanol–water partition coefficient (Wildman–Crippen LogP) is 4.02. The summed E-state index contributed by atoms with van der Waals surface area (Å²) in [6, 6.07) is 7.29. The number of aryl methyl sites for hydroxylation is 1. The fourth-order valence-electron chi connectivity index (χ4n) is 2.00. The first-order chi connectivity index (χ1) is 9.15. The molecule has 0 spiro atoms. The summed E-state index contributed by atoms with van der Waals surface area (Å²) in [6.07, 6.45) is 1.69. The van der Waals surface area contributed by atoms with Gasteiger partial charge in [0.25, 0.3) is 0 Å². The summed E-state index contributed by atoms with van der Waals surface area (Å²) in [5, 5.41) is 1.49. The molecule has 4 heteroatoms. The Hall–Kier alpha value is -1.61. The molecule has 0 N–H and O–H groups in total. The molecule has 0 saturated heterocycles. The van der Waals surface area contributed by atoms with E-state index in [2.05, 4.69) is 11.9 Å². The molecule has 0 radical (unpaired) electrons. The first-order valence-corrected chi connectivity index (χ1v) is 6.79. The average molecular weight is 278 g/mol. The minimum absolute atomic E-state index is 0.319. The lowest BCUT2D eigenvalue weighted by Crippen LogP contribution is -2.10. The molecule has 2 aromatic rings. The van der Waals surface area contributed by atoms with Gasteiger partial charge in [-0.25, -0.2) is 4.79 Å². The van der Waals surface area contributed by atoms with Gasteiger partial charge in [-0.05, 0) is 37.6 Å². The van der Waals surface area contributed by atoms with E-state index in [1.807, 2.05) is 18.2 Å². The number of benzene rings is 1. The van der Waals surface area contributed by atoms with Crippen LogP contribution in [0.25, 0.3) is 10.9 Å². The highest BCUT2D eigenvalue weighted by Gasteiger charge is 2.15. The lowest BCUT2D eigenvalue weighted by Gasteiger charge is -2.09. The molecule has 0 aliphatic heterocycles. The van der Waals surface area contributed by atoms with Crippen molar-refractivity contribution < 1.29 is 9.53 Å². The molecule has 0 fully saturated rings. The van der Waals surface area contributed by atoms with Gasteiger partial charge in [0.1, 0.15) is 0 Å². The molecular formula is C15H16ClNO2. The van der Waals surface area contributed by atoms with Gasteiger partial charge in [0.2, 0.25) is 0 Å². The van der Waals surface area contributed by atoms with Gasteiger partial charge < -0.3 is 4.74 Å². The van der Waals surface area contributed by atoms with Crippen LogP contribution in [-0.2, 0) is 11.2 Å². The van der Waals surface area contributed by atoms with E-state index in [4.69, 9.17) is 16.3 Å². The molecule has 0 amide bonds. The van der Waals surface area contributed by atoms with Gasteiger partial charge in [-0.3, -0.25) is 4.98 Å². The van der Waals surface area contributed by atoms with E-state index >= 15 is 0 Å². The lowest BCUT2D eigenvalue weighted by molar-refractivity contribution is 0.0524. The van der Waals surface area contributed by atoms with Gasteiger partial charge in [-0.1, -0.05) is 24.9 Å². The van der Waals surface area contributed by atoms with Crippen molar-refractivity contribution in [2.24, 2.45) is 0 Å². The van der Waals surface area contributed by atoms with Crippen LogP contribution in [0.1, 0.15) is 36.3 Å². The summed E-state index contributed by atoms with van der Waals surface area (Å²) >= 11 is 5.97. The molecule has 0 bridgehead atoms. The van der Waals surface area contributed by atoms with Crippen molar-refractivity contribution in [3.8, 4) is 0 Å². The maximum atomic E-state index is 12.0. The van der Waals surface area contributed by atoms with Crippen molar-refractivity contribution in [1.82, 2.24) is 4.98 Å². The summed E-state index contributed by atoms with van der Waals surface area (Å²) in [5.74, 6) is -0.319. The zero-order valence-electron chi connectivity index (χ0n) is 11.1. The standard InChI is InChI=1S/C15H16ClNO2/c1-3-5-14-12(15(18)19-4-2)9-10-8-11(16)6-7-13(10)17-14/h6-9H,3-5H2,1-2H3. The van der Waals surface area contributed by atoms with E-state index in [0.29, 0.717) is 17.2 Å². The third-order valence-corrected chi connectivity index (χ3v) is 3.07. The molecule has 1 heterocycles. The molecule has 0 unspecified atom stereocenters. The second-order valence-corrected chi connectivity index (χ2v) is 4.73. The van der Waals surface area contributed by atoms with Crippen molar-refractivity contribution in [3.05, 3.63) is 40.5 Å². The van der Waals surface area contributed by atoms with Crippen molar-refractivity contribution in [2.75, 3.05) is 6.61 Å². The number of pyridine rings is 1. The first kappa shape index (κ1) is 13.8. The summed E-state index contributed by atoms with van der Waals surface area (Å²) in [6.45, 7) is 4.21. The second-order valence-electron chi connectivity index (χ2n) is 4.29. The highest BCUT2D eigenvalue weighted by atomic mass is 35.5. The minimum Gasteiger partial charge on any atom is -0.462 e. The highest BCUT2D eigenvalue weighted by Crippen LogP contribution is 2.22. The molecular weight excluding hydrogens is 262 g/mol. The van der Waals surface area contributed by atoms with Gasteiger partial charge in [0, 0.05) is 10.4 Å². The lowest BCUT2D eigenvalue weighted by atomic mass is 10.1. The van der Waals surface area contributed by atoms with Crippen LogP contribution in [0.4, 0.5) is 0 Å². The Morgan fingerprint density at radius 3 is 2.79 bits per heavy atom. The van der Waals surface area contributed by atoms with E-state index in [1.165, 1.54) is 0 Å². The second kappa shape index (κ2) is 6.02. The number of hydrogen-bond acceptors (Lipinski definition) is 3. The third kappa shape index (κ3) is 3.04. The van der Waals surface area contributed by atoms with Crippen molar-refractivity contribution in [1.29, 1.82) is 0 Å². The average Bonchev–Trinajstić information content (AvgIpc) is 2.39. The van der Waals surface area contributed by atoms with Gasteiger partial charge in [-0.15, -0.1) is 0 Å². The van der Waals surface area contributed by atoms with E-state index in [-0.39, 0.29) is 5.97 Å². The number of ether oxygens (including phenoxy) is 1. The third-order valence-electron chi connectivity index (χ3n) is 2.84. The molecule has 1 aromatic carbocycles. The van der Waals surface area contributed by atoms with Crippen molar-refractivity contribution >= 4 is 28.5 Å².